The van der Waals surface area contributed by atoms with Crippen LogP contribution in [0.4, 0.5) is 0 Å². The second-order valence-electron chi connectivity index (χ2n) is 2.61. The minimum Gasteiger partial charge on any atom is -0.796 e. The summed E-state index contributed by atoms with van der Waals surface area (Å²) in [6.07, 6.45) is -1.82. The van der Waals surface area contributed by atoms with Gasteiger partial charge in [0.25, 0.3) is 0 Å². The van der Waals surface area contributed by atoms with Crippen molar-refractivity contribution >= 4 is 25.1 Å². The van der Waals surface area contributed by atoms with Gasteiger partial charge in [-0.3, -0.25) is 4.79 Å². The molecule has 1 unspecified atom stereocenters. The van der Waals surface area contributed by atoms with E-state index in [0.717, 1.165) is 0 Å². The normalized spacial score (nSPS) is 14.7. The van der Waals surface area contributed by atoms with Crippen molar-refractivity contribution in [1.82, 2.24) is 0 Å². The molecule has 0 fully saturated rings. The number of carbonyl (C=O) groups excluding carboxylic acids is 3. The molecule has 0 aromatic carbocycles. The van der Waals surface area contributed by atoms with E-state index in [1.165, 1.54) is 0 Å². The van der Waals surface area contributed by atoms with Crippen molar-refractivity contribution in [2.24, 2.45) is 0 Å². The molecule has 0 saturated carbocycles. The molecular weight excluding hydrogens is 227 g/mol. The van der Waals surface area contributed by atoms with Gasteiger partial charge in [-0.15, -0.1) is 0 Å². The number of carbonyl (C=O) groups is 3. The van der Waals surface area contributed by atoms with Crippen LogP contribution in [-0.2, 0) is 18.9 Å². The average Bonchev–Trinajstić information content (AvgIpc) is 1.98. The van der Waals surface area contributed by atoms with E-state index >= 15 is 0 Å². The number of hydrogen-bond donors (Lipinski definition) is 0. The summed E-state index contributed by atoms with van der Waals surface area (Å²) in [5.74, 6) is -4.19. The molecule has 0 heterocycles. The Hall–Kier alpha value is -1.46. The van der Waals surface area contributed by atoms with Crippen molar-refractivity contribution in [3.05, 3.63) is 11.9 Å². The maximum atomic E-state index is 10.9. The lowest BCUT2D eigenvalue weighted by molar-refractivity contribution is -0.304. The molecule has 0 spiro atoms. The minimum absolute atomic E-state index is 0.250. The van der Waals surface area contributed by atoms with Gasteiger partial charge in [0, 0.05) is 19.8 Å². The van der Waals surface area contributed by atoms with E-state index in [0.29, 0.717) is 5.82 Å². The molecule has 0 amide bonds. The van der Waals surface area contributed by atoms with Crippen LogP contribution in [0.5, 0.6) is 0 Å². The Kier molecular flexibility index (Phi) is 4.90. The zero-order chi connectivity index (χ0) is 12.1. The first-order chi connectivity index (χ1) is 6.73. The molecule has 0 aliphatic rings. The number of hydrogen-bond acceptors (Lipinski definition) is 7. The molecule has 0 aromatic heterocycles. The van der Waals surface area contributed by atoms with Gasteiger partial charge in [-0.2, -0.15) is 0 Å². The summed E-state index contributed by atoms with van der Waals surface area (Å²) in [5, 5.41) is 19.8. The number of carboxylic acids is 2. The second kappa shape index (κ2) is 5.43. The Balaban J connectivity index is 4.38. The summed E-state index contributed by atoms with van der Waals surface area (Å²) < 4.78 is 10.9. The molecule has 0 N–H and O–H groups in total. The van der Waals surface area contributed by atoms with Gasteiger partial charge in [-0.05, 0) is 11.9 Å². The SMILES string of the molecule is O=C([O-])/C=C/P(=O)([O-])CC(=O)CC(=O)[O-]. The molecule has 15 heavy (non-hydrogen) atoms. The standard InChI is InChI=1S/C7H9O7P/c8-5(3-7(11)12)4-15(13,14)2-1-6(9)10/h1-2H,3-4H2,(H,9,10)(H,11,12)(H,13,14)/p-3/b2-1+. The molecule has 0 aliphatic heterocycles. The lowest BCUT2D eigenvalue weighted by Crippen LogP contribution is -2.27. The maximum Gasteiger partial charge on any atom is 0.144 e. The van der Waals surface area contributed by atoms with Gasteiger partial charge in [0.1, 0.15) is 5.78 Å². The van der Waals surface area contributed by atoms with Crippen LogP contribution in [0.15, 0.2) is 11.9 Å². The van der Waals surface area contributed by atoms with Crippen LogP contribution in [-0.4, -0.2) is 23.9 Å². The fourth-order valence-electron chi connectivity index (χ4n) is 0.690. The summed E-state index contributed by atoms with van der Waals surface area (Å²) in [7, 11) is -4.35. The third-order valence-electron chi connectivity index (χ3n) is 1.18. The van der Waals surface area contributed by atoms with Crippen molar-refractivity contribution in [3.63, 3.8) is 0 Å². The Labute approximate surface area is 84.5 Å². The molecule has 7 nitrogen and oxygen atoms in total. The number of aliphatic carboxylic acids is 2. The summed E-state index contributed by atoms with van der Waals surface area (Å²) in [4.78, 5) is 41.4. The molecular formula is C7H6O7P-3. The fraction of sp³-hybridized carbons (Fsp3) is 0.286. The van der Waals surface area contributed by atoms with Crippen molar-refractivity contribution < 1.29 is 34.1 Å². The van der Waals surface area contributed by atoms with Crippen molar-refractivity contribution in [2.75, 3.05) is 6.16 Å². The number of ketones is 1. The zero-order valence-corrected chi connectivity index (χ0v) is 8.27. The zero-order valence-electron chi connectivity index (χ0n) is 7.37. The van der Waals surface area contributed by atoms with E-state index in [1.807, 2.05) is 0 Å². The van der Waals surface area contributed by atoms with Gasteiger partial charge < -0.3 is 29.3 Å². The lowest BCUT2D eigenvalue weighted by Gasteiger charge is -2.18. The predicted molar refractivity (Wildman–Crippen MR) is 41.3 cm³/mol. The molecule has 8 heteroatoms. The van der Waals surface area contributed by atoms with Crippen LogP contribution in [0.1, 0.15) is 6.42 Å². The van der Waals surface area contributed by atoms with Gasteiger partial charge in [0.15, 0.2) is 0 Å². The first kappa shape index (κ1) is 13.5. The summed E-state index contributed by atoms with van der Waals surface area (Å²) in [5.41, 5.74) is 0. The van der Waals surface area contributed by atoms with E-state index in [-0.39, 0.29) is 6.08 Å². The van der Waals surface area contributed by atoms with Crippen LogP contribution in [0, 0.1) is 0 Å². The van der Waals surface area contributed by atoms with E-state index < -0.39 is 37.7 Å². The summed E-state index contributed by atoms with van der Waals surface area (Å²) in [6, 6.07) is 0. The van der Waals surface area contributed by atoms with E-state index in [9.17, 15) is 34.1 Å². The monoisotopic (exact) mass is 233 g/mol. The Morgan fingerprint density at radius 2 is 1.73 bits per heavy atom. The Morgan fingerprint density at radius 3 is 2.13 bits per heavy atom. The van der Waals surface area contributed by atoms with Crippen molar-refractivity contribution in [2.45, 2.75) is 6.42 Å². The largest absolute Gasteiger partial charge is 0.796 e. The molecule has 0 aliphatic carbocycles. The van der Waals surface area contributed by atoms with Crippen LogP contribution in [0.3, 0.4) is 0 Å². The van der Waals surface area contributed by atoms with Gasteiger partial charge in [-0.1, -0.05) is 0 Å². The predicted octanol–water partition coefficient (Wildman–Crippen LogP) is -3.40. The Bertz CT molecular complexity index is 356. The van der Waals surface area contributed by atoms with Crippen molar-refractivity contribution in [1.29, 1.82) is 0 Å². The van der Waals surface area contributed by atoms with Crippen LogP contribution in [0.2, 0.25) is 0 Å². The average molecular weight is 233 g/mol. The number of carboxylic acid groups (broad SMARTS) is 2. The Morgan fingerprint density at radius 1 is 1.20 bits per heavy atom. The first-order valence-electron chi connectivity index (χ1n) is 3.64. The topological polar surface area (TPSA) is 137 Å². The van der Waals surface area contributed by atoms with E-state index in [4.69, 9.17) is 0 Å². The second-order valence-corrected chi connectivity index (χ2v) is 4.67. The molecule has 0 bridgehead atoms. The number of Topliss-reactive ketones (excluding diaryl/α,β-unsaturated/α-hetero) is 1. The molecule has 0 radical (unpaired) electrons. The van der Waals surface area contributed by atoms with Gasteiger partial charge in [0.05, 0.1) is 12.1 Å². The van der Waals surface area contributed by atoms with Gasteiger partial charge in [-0.25, -0.2) is 0 Å². The highest BCUT2D eigenvalue weighted by atomic mass is 31.2. The highest BCUT2D eigenvalue weighted by Crippen LogP contribution is 2.36. The fourth-order valence-corrected chi connectivity index (χ4v) is 1.75. The summed E-state index contributed by atoms with van der Waals surface area (Å²) >= 11 is 0. The van der Waals surface area contributed by atoms with Gasteiger partial charge in [0.2, 0.25) is 0 Å². The van der Waals surface area contributed by atoms with Crippen molar-refractivity contribution in [3.8, 4) is 0 Å². The first-order valence-corrected chi connectivity index (χ1v) is 5.52. The van der Waals surface area contributed by atoms with Crippen LogP contribution < -0.4 is 15.1 Å². The molecule has 0 rings (SSSR count). The quantitative estimate of drug-likeness (QED) is 0.264. The van der Waals surface area contributed by atoms with Crippen LogP contribution in [0.25, 0.3) is 0 Å². The van der Waals surface area contributed by atoms with Gasteiger partial charge >= 0.3 is 0 Å². The molecule has 84 valence electrons. The van der Waals surface area contributed by atoms with Crippen LogP contribution >= 0.6 is 7.37 Å². The highest BCUT2D eigenvalue weighted by Gasteiger charge is 2.10. The minimum atomic E-state index is -4.35. The van der Waals surface area contributed by atoms with E-state index in [2.05, 4.69) is 0 Å². The third-order valence-corrected chi connectivity index (χ3v) is 2.57. The maximum absolute atomic E-state index is 10.9. The molecule has 0 aromatic rings. The molecule has 1 atom stereocenters. The third kappa shape index (κ3) is 7.60. The molecule has 0 saturated heterocycles. The van der Waals surface area contributed by atoms with E-state index in [1.54, 1.807) is 0 Å². The highest BCUT2D eigenvalue weighted by molar-refractivity contribution is 7.60. The smallest absolute Gasteiger partial charge is 0.144 e. The lowest BCUT2D eigenvalue weighted by atomic mass is 10.3. The summed E-state index contributed by atoms with van der Waals surface area (Å²) in [6.45, 7) is 0. The number of rotatable bonds is 6.